The summed E-state index contributed by atoms with van der Waals surface area (Å²) in [5.74, 6) is 1.09. The quantitative estimate of drug-likeness (QED) is 0.195. The lowest BCUT2D eigenvalue weighted by atomic mass is 9.88. The van der Waals surface area contributed by atoms with Crippen LogP contribution in [0.5, 0.6) is 0 Å². The Morgan fingerprint density at radius 3 is 2.43 bits per heavy atom. The highest BCUT2D eigenvalue weighted by Gasteiger charge is 2.26. The summed E-state index contributed by atoms with van der Waals surface area (Å²) in [6.07, 6.45) is 8.96. The predicted octanol–water partition coefficient (Wildman–Crippen LogP) is 5.86. The molecule has 1 saturated heterocycles. The van der Waals surface area contributed by atoms with Gasteiger partial charge in [0.15, 0.2) is 0 Å². The number of hydrogen-bond donors (Lipinski definition) is 4. The Hall–Kier alpha value is -3.40. The van der Waals surface area contributed by atoms with Crippen LogP contribution >= 0.6 is 11.9 Å². The third-order valence-electron chi connectivity index (χ3n) is 6.15. The molecule has 1 fully saturated rings. The van der Waals surface area contributed by atoms with Crippen LogP contribution in [0.15, 0.2) is 89.6 Å². The van der Waals surface area contributed by atoms with E-state index in [1.807, 2.05) is 44.5 Å². The van der Waals surface area contributed by atoms with Gasteiger partial charge in [0.05, 0.1) is 6.10 Å². The molecular formula is C28H33FN6OS. The van der Waals surface area contributed by atoms with E-state index in [4.69, 9.17) is 0 Å². The summed E-state index contributed by atoms with van der Waals surface area (Å²) in [5.41, 5.74) is 2.64. The fourth-order valence-electron chi connectivity index (χ4n) is 4.10. The van der Waals surface area contributed by atoms with Crippen LogP contribution in [-0.2, 0) is 0 Å². The second-order valence-corrected chi connectivity index (χ2v) is 10.1. The first-order chi connectivity index (χ1) is 18.0. The predicted molar refractivity (Wildman–Crippen MR) is 150 cm³/mol. The zero-order valence-electron chi connectivity index (χ0n) is 21.1. The summed E-state index contributed by atoms with van der Waals surface area (Å²) < 4.78 is 15.5. The number of rotatable bonds is 10. The zero-order valence-corrected chi connectivity index (χ0v) is 21.9. The molecule has 0 amide bonds. The van der Waals surface area contributed by atoms with Gasteiger partial charge in [-0.3, -0.25) is 0 Å². The van der Waals surface area contributed by atoms with Crippen molar-refractivity contribution < 1.29 is 9.50 Å². The average molecular weight is 521 g/mol. The van der Waals surface area contributed by atoms with E-state index in [0.29, 0.717) is 11.8 Å². The SMILES string of the molecule is CN/C=C\C=C(/C)C(O)C1CCN(Sc2ccc(Nc3nccc(Nc4ccc(F)cc4)n3)cc2)CC1. The zero-order chi connectivity index (χ0) is 26.0. The normalized spacial score (nSPS) is 16.1. The Morgan fingerprint density at radius 2 is 1.73 bits per heavy atom. The van der Waals surface area contributed by atoms with Gasteiger partial charge in [-0.2, -0.15) is 4.98 Å². The van der Waals surface area contributed by atoms with Crippen LogP contribution in [0.3, 0.4) is 0 Å². The van der Waals surface area contributed by atoms with Crippen molar-refractivity contribution in [1.29, 1.82) is 0 Å². The molecule has 0 saturated carbocycles. The first-order valence-corrected chi connectivity index (χ1v) is 13.1. The second kappa shape index (κ2) is 13.2. The van der Waals surface area contributed by atoms with Crippen LogP contribution in [0, 0.1) is 11.7 Å². The summed E-state index contributed by atoms with van der Waals surface area (Å²) in [6.45, 7) is 3.87. The molecule has 7 nitrogen and oxygen atoms in total. The second-order valence-electron chi connectivity index (χ2n) is 8.91. The lowest BCUT2D eigenvalue weighted by molar-refractivity contribution is 0.106. The Kier molecular flexibility index (Phi) is 9.53. The fraction of sp³-hybridized carbons (Fsp3) is 0.286. The van der Waals surface area contributed by atoms with Crippen molar-refractivity contribution >= 4 is 35.1 Å². The molecule has 9 heteroatoms. The number of halogens is 1. The highest BCUT2D eigenvalue weighted by molar-refractivity contribution is 7.97. The van der Waals surface area contributed by atoms with Gasteiger partial charge in [0.1, 0.15) is 11.6 Å². The lowest BCUT2D eigenvalue weighted by Gasteiger charge is -2.33. The van der Waals surface area contributed by atoms with Gasteiger partial charge in [0, 0.05) is 42.6 Å². The third-order valence-corrected chi connectivity index (χ3v) is 7.26. The molecule has 1 aromatic heterocycles. The Labute approximate surface area is 222 Å². The number of aliphatic hydroxyl groups excluding tert-OH is 1. The van der Waals surface area contributed by atoms with Crippen LogP contribution in [0.4, 0.5) is 27.5 Å². The largest absolute Gasteiger partial charge is 0.394 e. The van der Waals surface area contributed by atoms with E-state index in [-0.39, 0.29) is 11.7 Å². The van der Waals surface area contributed by atoms with Gasteiger partial charge < -0.3 is 21.1 Å². The summed E-state index contributed by atoms with van der Waals surface area (Å²) in [4.78, 5) is 9.94. The van der Waals surface area contributed by atoms with Crippen molar-refractivity contribution in [2.24, 2.45) is 5.92 Å². The van der Waals surface area contributed by atoms with Gasteiger partial charge in [-0.05, 0) is 110 Å². The number of piperidine rings is 1. The number of nitrogens with one attached hydrogen (secondary N) is 3. The smallest absolute Gasteiger partial charge is 0.229 e. The van der Waals surface area contributed by atoms with Gasteiger partial charge >= 0.3 is 0 Å². The van der Waals surface area contributed by atoms with E-state index < -0.39 is 6.10 Å². The number of hydrogen-bond acceptors (Lipinski definition) is 8. The van der Waals surface area contributed by atoms with Gasteiger partial charge in [-0.15, -0.1) is 0 Å². The molecule has 2 aromatic carbocycles. The molecule has 3 aromatic rings. The van der Waals surface area contributed by atoms with Crippen molar-refractivity contribution in [3.05, 3.63) is 90.5 Å². The topological polar surface area (TPSA) is 85.3 Å². The van der Waals surface area contributed by atoms with Crippen molar-refractivity contribution in [3.8, 4) is 0 Å². The summed E-state index contributed by atoms with van der Waals surface area (Å²) in [6, 6.07) is 16.1. The Balaban J connectivity index is 1.26. The minimum absolute atomic E-state index is 0.280. The minimum Gasteiger partial charge on any atom is -0.394 e. The first-order valence-electron chi connectivity index (χ1n) is 12.3. The molecule has 1 atom stereocenters. The number of aliphatic hydroxyl groups is 1. The molecule has 0 spiro atoms. The number of allylic oxidation sites excluding steroid dienone is 2. The number of benzene rings is 2. The van der Waals surface area contributed by atoms with E-state index >= 15 is 0 Å². The molecule has 4 N–H and O–H groups in total. The molecule has 2 heterocycles. The number of nitrogens with zero attached hydrogens (tertiary/aromatic N) is 3. The monoisotopic (exact) mass is 520 g/mol. The maximum atomic E-state index is 13.1. The van der Waals surface area contributed by atoms with E-state index in [1.165, 1.54) is 12.1 Å². The Bertz CT molecular complexity index is 1190. The average Bonchev–Trinajstić information content (AvgIpc) is 2.91. The van der Waals surface area contributed by atoms with Crippen LogP contribution in [0.2, 0.25) is 0 Å². The molecule has 1 aliphatic heterocycles. The lowest BCUT2D eigenvalue weighted by Crippen LogP contribution is -2.34. The molecule has 0 radical (unpaired) electrons. The summed E-state index contributed by atoms with van der Waals surface area (Å²) in [5, 5.41) is 20.0. The molecule has 1 aliphatic rings. The highest BCUT2D eigenvalue weighted by Crippen LogP contribution is 2.32. The van der Waals surface area contributed by atoms with Gasteiger partial charge in [0.2, 0.25) is 5.95 Å². The van der Waals surface area contributed by atoms with Gasteiger partial charge in [-0.1, -0.05) is 6.08 Å². The first kappa shape index (κ1) is 26.7. The van der Waals surface area contributed by atoms with E-state index in [1.54, 1.807) is 36.3 Å². The van der Waals surface area contributed by atoms with Crippen molar-refractivity contribution in [1.82, 2.24) is 19.6 Å². The van der Waals surface area contributed by atoms with Crippen molar-refractivity contribution in [2.75, 3.05) is 30.8 Å². The molecule has 37 heavy (non-hydrogen) atoms. The summed E-state index contributed by atoms with van der Waals surface area (Å²) >= 11 is 1.75. The van der Waals surface area contributed by atoms with E-state index in [9.17, 15) is 9.50 Å². The molecule has 0 bridgehead atoms. The van der Waals surface area contributed by atoms with E-state index in [2.05, 4.69) is 42.4 Å². The van der Waals surface area contributed by atoms with E-state index in [0.717, 1.165) is 47.8 Å². The molecule has 194 valence electrons. The van der Waals surface area contributed by atoms with Crippen molar-refractivity contribution in [2.45, 2.75) is 30.8 Å². The minimum atomic E-state index is -0.398. The van der Waals surface area contributed by atoms with Crippen LogP contribution < -0.4 is 16.0 Å². The molecule has 0 aliphatic carbocycles. The fourth-order valence-corrected chi connectivity index (χ4v) is 5.05. The maximum Gasteiger partial charge on any atom is 0.229 e. The van der Waals surface area contributed by atoms with Gasteiger partial charge in [-0.25, -0.2) is 13.7 Å². The van der Waals surface area contributed by atoms with Gasteiger partial charge in [0.25, 0.3) is 0 Å². The Morgan fingerprint density at radius 1 is 1.05 bits per heavy atom. The number of anilines is 4. The van der Waals surface area contributed by atoms with Crippen LogP contribution in [0.25, 0.3) is 0 Å². The molecular weight excluding hydrogens is 487 g/mol. The van der Waals surface area contributed by atoms with Crippen molar-refractivity contribution in [3.63, 3.8) is 0 Å². The molecule has 1 unspecified atom stereocenters. The molecule has 4 rings (SSSR count). The maximum absolute atomic E-state index is 13.1. The third kappa shape index (κ3) is 8.04. The summed E-state index contributed by atoms with van der Waals surface area (Å²) in [7, 11) is 1.86. The van der Waals surface area contributed by atoms with Crippen LogP contribution in [-0.4, -0.2) is 45.6 Å². The standard InChI is InChI=1S/C28H33FN6OS/c1-20(4-3-16-30-2)27(36)21-14-18-35(19-15-21)37-25-11-9-24(10-12-25)33-28-31-17-13-26(34-28)32-23-7-5-22(29)6-8-23/h3-13,16-17,21,27,30,36H,14-15,18-19H2,1-2H3,(H2,31,32,33,34)/b16-3-,20-4+. The number of aromatic nitrogens is 2. The highest BCUT2D eigenvalue weighted by atomic mass is 32.2. The van der Waals surface area contributed by atoms with Crippen LogP contribution in [0.1, 0.15) is 19.8 Å².